The molecule has 4 rings (SSSR count). The molecule has 1 saturated carbocycles. The second kappa shape index (κ2) is 4.96. The number of pyridine rings is 1. The minimum absolute atomic E-state index is 0.733. The van der Waals surface area contributed by atoms with E-state index in [1.165, 1.54) is 28.5 Å². The summed E-state index contributed by atoms with van der Waals surface area (Å²) in [6.07, 6.45) is 6.47. The van der Waals surface area contributed by atoms with E-state index in [-0.39, 0.29) is 0 Å². The predicted octanol–water partition coefficient (Wildman–Crippen LogP) is 3.61. The van der Waals surface area contributed by atoms with Gasteiger partial charge in [0.15, 0.2) is 0 Å². The number of benzene rings is 1. The van der Waals surface area contributed by atoms with E-state index in [1.54, 1.807) is 11.3 Å². The topological polar surface area (TPSA) is 37.8 Å². The van der Waals surface area contributed by atoms with Crippen LogP contribution in [0.15, 0.2) is 42.7 Å². The number of rotatable bonds is 4. The fraction of sp³-hybridized carbons (Fsp3) is 0.250. The summed E-state index contributed by atoms with van der Waals surface area (Å²) in [6, 6.07) is 11.1. The summed E-state index contributed by atoms with van der Waals surface area (Å²) in [5.41, 5.74) is 0.991. The van der Waals surface area contributed by atoms with E-state index < -0.39 is 0 Å². The predicted molar refractivity (Wildman–Crippen MR) is 82.7 cm³/mol. The molecule has 4 heteroatoms. The lowest BCUT2D eigenvalue weighted by Gasteiger charge is -2.02. The summed E-state index contributed by atoms with van der Waals surface area (Å²) >= 11 is 1.73. The van der Waals surface area contributed by atoms with Gasteiger partial charge in [-0.2, -0.15) is 0 Å². The number of nitrogens with zero attached hydrogens (tertiary/aromatic N) is 2. The van der Waals surface area contributed by atoms with Crippen LogP contribution in [0.2, 0.25) is 0 Å². The summed E-state index contributed by atoms with van der Waals surface area (Å²) in [6.45, 7) is 0.924. The first-order chi connectivity index (χ1) is 9.90. The maximum absolute atomic E-state index is 4.55. The molecular weight excluding hydrogens is 266 g/mol. The smallest absolute Gasteiger partial charge is 0.142 e. The molecule has 0 saturated heterocycles. The molecule has 2 heterocycles. The third-order valence-electron chi connectivity index (χ3n) is 3.57. The third kappa shape index (κ3) is 2.32. The van der Waals surface area contributed by atoms with Crippen LogP contribution in [0.3, 0.4) is 0 Å². The molecule has 20 heavy (non-hydrogen) atoms. The van der Waals surface area contributed by atoms with Crippen LogP contribution in [-0.4, -0.2) is 16.0 Å². The highest BCUT2D eigenvalue weighted by Gasteiger charge is 2.20. The first-order valence-electron chi connectivity index (χ1n) is 6.92. The van der Waals surface area contributed by atoms with Crippen LogP contribution in [-0.2, 0) is 6.54 Å². The van der Waals surface area contributed by atoms with Gasteiger partial charge in [-0.05, 0) is 24.3 Å². The molecule has 0 aliphatic heterocycles. The van der Waals surface area contributed by atoms with Gasteiger partial charge in [-0.1, -0.05) is 24.3 Å². The van der Waals surface area contributed by atoms with Gasteiger partial charge in [-0.15, -0.1) is 11.3 Å². The standard InChI is InChI=1S/C16H15N3S/c1-2-4-14-11(3-1)7-8-17-15(14)16-19-10-13(20-16)9-18-12-5-6-12/h1-4,7-8,10,12,18H,5-6,9H2. The lowest BCUT2D eigenvalue weighted by molar-refractivity contribution is 0.694. The molecule has 0 atom stereocenters. The summed E-state index contributed by atoms with van der Waals surface area (Å²) in [5.74, 6) is 0. The zero-order valence-electron chi connectivity index (χ0n) is 11.0. The minimum atomic E-state index is 0.733. The number of hydrogen-bond acceptors (Lipinski definition) is 4. The highest BCUT2D eigenvalue weighted by Crippen LogP contribution is 2.30. The fourth-order valence-corrected chi connectivity index (χ4v) is 3.20. The van der Waals surface area contributed by atoms with Crippen LogP contribution < -0.4 is 5.32 Å². The van der Waals surface area contributed by atoms with E-state index >= 15 is 0 Å². The Labute approximate surface area is 121 Å². The van der Waals surface area contributed by atoms with Crippen molar-refractivity contribution in [1.82, 2.24) is 15.3 Å². The van der Waals surface area contributed by atoms with Gasteiger partial charge in [0, 0.05) is 35.2 Å². The van der Waals surface area contributed by atoms with Crippen LogP contribution in [0.5, 0.6) is 0 Å². The van der Waals surface area contributed by atoms with Crippen LogP contribution in [0.25, 0.3) is 21.5 Å². The molecule has 0 amide bonds. The normalized spacial score (nSPS) is 14.8. The van der Waals surface area contributed by atoms with Crippen LogP contribution >= 0.6 is 11.3 Å². The Morgan fingerprint density at radius 2 is 2.05 bits per heavy atom. The van der Waals surface area contributed by atoms with E-state index in [9.17, 15) is 0 Å². The van der Waals surface area contributed by atoms with E-state index in [4.69, 9.17) is 0 Å². The minimum Gasteiger partial charge on any atom is -0.309 e. The Morgan fingerprint density at radius 1 is 1.15 bits per heavy atom. The highest BCUT2D eigenvalue weighted by atomic mass is 32.1. The Balaban J connectivity index is 1.67. The lowest BCUT2D eigenvalue weighted by Crippen LogP contribution is -2.14. The van der Waals surface area contributed by atoms with Gasteiger partial charge >= 0.3 is 0 Å². The zero-order valence-corrected chi connectivity index (χ0v) is 11.9. The molecule has 0 radical (unpaired) electrons. The van der Waals surface area contributed by atoms with Crippen LogP contribution in [0.1, 0.15) is 17.7 Å². The Kier molecular flexibility index (Phi) is 2.98. The van der Waals surface area contributed by atoms with Crippen molar-refractivity contribution in [3.05, 3.63) is 47.6 Å². The molecule has 0 bridgehead atoms. The second-order valence-corrected chi connectivity index (χ2v) is 6.28. The van der Waals surface area contributed by atoms with Gasteiger partial charge in [0.1, 0.15) is 10.7 Å². The van der Waals surface area contributed by atoms with E-state index in [1.807, 2.05) is 18.5 Å². The van der Waals surface area contributed by atoms with Gasteiger partial charge in [0.2, 0.25) is 0 Å². The maximum Gasteiger partial charge on any atom is 0.142 e. The molecule has 100 valence electrons. The van der Waals surface area contributed by atoms with Crippen LogP contribution in [0.4, 0.5) is 0 Å². The van der Waals surface area contributed by atoms with Crippen molar-refractivity contribution in [2.75, 3.05) is 0 Å². The van der Waals surface area contributed by atoms with Crippen LogP contribution in [0, 0.1) is 0 Å². The Hall–Kier alpha value is -1.78. The molecule has 1 aliphatic rings. The summed E-state index contributed by atoms with van der Waals surface area (Å²) < 4.78 is 0. The quantitative estimate of drug-likeness (QED) is 0.794. The van der Waals surface area contributed by atoms with Gasteiger partial charge in [0.05, 0.1) is 0 Å². The largest absolute Gasteiger partial charge is 0.309 e. The number of fused-ring (bicyclic) bond motifs is 1. The molecule has 1 aliphatic carbocycles. The first kappa shape index (κ1) is 12.0. The molecule has 3 nitrogen and oxygen atoms in total. The van der Waals surface area contributed by atoms with E-state index in [2.05, 4.69) is 39.6 Å². The average molecular weight is 281 g/mol. The van der Waals surface area contributed by atoms with Gasteiger partial charge in [-0.3, -0.25) is 4.98 Å². The van der Waals surface area contributed by atoms with Gasteiger partial charge in [0.25, 0.3) is 0 Å². The van der Waals surface area contributed by atoms with Crippen molar-refractivity contribution in [2.45, 2.75) is 25.4 Å². The number of hydrogen-bond donors (Lipinski definition) is 1. The number of nitrogens with one attached hydrogen (secondary N) is 1. The summed E-state index contributed by atoms with van der Waals surface area (Å²) in [4.78, 5) is 10.4. The summed E-state index contributed by atoms with van der Waals surface area (Å²) in [5, 5.41) is 6.92. The second-order valence-electron chi connectivity index (χ2n) is 5.17. The Morgan fingerprint density at radius 3 is 2.95 bits per heavy atom. The molecule has 1 fully saturated rings. The number of aromatic nitrogens is 2. The molecule has 0 unspecified atom stereocenters. The maximum atomic E-state index is 4.55. The molecular formula is C16H15N3S. The van der Waals surface area contributed by atoms with Crippen molar-refractivity contribution in [1.29, 1.82) is 0 Å². The van der Waals surface area contributed by atoms with Crippen molar-refractivity contribution < 1.29 is 0 Å². The monoisotopic (exact) mass is 281 g/mol. The lowest BCUT2D eigenvalue weighted by atomic mass is 10.1. The molecule has 1 aromatic carbocycles. The Bertz CT molecular complexity index is 741. The molecule has 3 aromatic rings. The molecule has 1 N–H and O–H groups in total. The van der Waals surface area contributed by atoms with E-state index in [0.717, 1.165) is 23.3 Å². The van der Waals surface area contributed by atoms with Crippen molar-refractivity contribution >= 4 is 22.1 Å². The average Bonchev–Trinajstić information content (AvgIpc) is 3.21. The zero-order chi connectivity index (χ0) is 13.4. The SMILES string of the molecule is c1ccc2c(-c3ncc(CNC4CC4)s3)nccc2c1. The highest BCUT2D eigenvalue weighted by molar-refractivity contribution is 7.15. The fourth-order valence-electron chi connectivity index (χ4n) is 2.32. The van der Waals surface area contributed by atoms with Crippen molar-refractivity contribution in [3.8, 4) is 10.7 Å². The first-order valence-corrected chi connectivity index (χ1v) is 7.74. The number of thiazole rings is 1. The summed E-state index contributed by atoms with van der Waals surface area (Å²) in [7, 11) is 0. The molecule has 2 aromatic heterocycles. The van der Waals surface area contributed by atoms with Crippen molar-refractivity contribution in [2.24, 2.45) is 0 Å². The van der Waals surface area contributed by atoms with Gasteiger partial charge in [-0.25, -0.2) is 4.98 Å². The van der Waals surface area contributed by atoms with Crippen molar-refractivity contribution in [3.63, 3.8) is 0 Å². The van der Waals surface area contributed by atoms with E-state index in [0.29, 0.717) is 0 Å². The third-order valence-corrected chi connectivity index (χ3v) is 4.58. The van der Waals surface area contributed by atoms with Gasteiger partial charge < -0.3 is 5.32 Å². The molecule has 0 spiro atoms.